The summed E-state index contributed by atoms with van der Waals surface area (Å²) < 4.78 is 0. The number of hydrogen-bond acceptors (Lipinski definition) is 5. The minimum Gasteiger partial charge on any atom is -0.390 e. The van der Waals surface area contributed by atoms with E-state index in [0.29, 0.717) is 18.5 Å². The highest BCUT2D eigenvalue weighted by Gasteiger charge is 2.23. The lowest BCUT2D eigenvalue weighted by Crippen LogP contribution is -2.50. The van der Waals surface area contributed by atoms with Crippen molar-refractivity contribution < 1.29 is 19.5 Å². The molecule has 8 nitrogen and oxygen atoms in total. The molecule has 2 atom stereocenters. The summed E-state index contributed by atoms with van der Waals surface area (Å²) in [5, 5.41) is 17.5. The van der Waals surface area contributed by atoms with Crippen LogP contribution in [0.4, 0.5) is 5.69 Å². The Morgan fingerprint density at radius 3 is 2.20 bits per heavy atom. The molecule has 4 aromatic carbocycles. The Labute approximate surface area is 240 Å². The summed E-state index contributed by atoms with van der Waals surface area (Å²) in [6.45, 7) is 0.337. The van der Waals surface area contributed by atoms with E-state index < -0.39 is 18.1 Å². The smallest absolute Gasteiger partial charge is 0.258 e. The van der Waals surface area contributed by atoms with E-state index in [-0.39, 0.29) is 37.7 Å². The van der Waals surface area contributed by atoms with Gasteiger partial charge in [0, 0.05) is 43.7 Å². The fraction of sp³-hybridized carbons (Fsp3) is 0.242. The number of aliphatic hydroxyl groups excluding tert-OH is 1. The highest BCUT2D eigenvalue weighted by atomic mass is 16.3. The van der Waals surface area contributed by atoms with E-state index in [1.54, 1.807) is 17.0 Å². The van der Waals surface area contributed by atoms with Crippen molar-refractivity contribution in [2.75, 3.05) is 24.5 Å². The fourth-order valence-corrected chi connectivity index (χ4v) is 4.59. The number of carbonyl (C=O) groups excluding carboxylic acids is 3. The predicted octanol–water partition coefficient (Wildman–Crippen LogP) is 3.43. The molecule has 0 aliphatic rings. The van der Waals surface area contributed by atoms with Crippen LogP contribution in [0, 0.1) is 0 Å². The van der Waals surface area contributed by atoms with E-state index in [1.807, 2.05) is 91.0 Å². The fourth-order valence-electron chi connectivity index (χ4n) is 4.59. The molecule has 0 fully saturated rings. The highest BCUT2D eigenvalue weighted by molar-refractivity contribution is 6.06. The van der Waals surface area contributed by atoms with Crippen LogP contribution in [0.1, 0.15) is 28.8 Å². The van der Waals surface area contributed by atoms with Crippen LogP contribution >= 0.6 is 0 Å². The van der Waals surface area contributed by atoms with Gasteiger partial charge < -0.3 is 26.4 Å². The zero-order valence-corrected chi connectivity index (χ0v) is 22.9. The third-order valence-corrected chi connectivity index (χ3v) is 6.81. The standard InChI is InChI=1S/C33H36N4O4/c34-22-29(38)23-35-32(40)30(21-24-17-18-25-10-7-8-13-27(25)20-24)36-31(39)16-9-19-37(28-14-5-2-6-15-28)33(41)26-11-3-1-4-12-26/h1-8,10-15,17-18,20,29-30,38H,9,16,19,21-23,34H2,(H,35,40)(H,36,39). The van der Waals surface area contributed by atoms with Crippen molar-refractivity contribution in [3.63, 3.8) is 0 Å². The lowest BCUT2D eigenvalue weighted by Gasteiger charge is -2.23. The van der Waals surface area contributed by atoms with Gasteiger partial charge in [-0.3, -0.25) is 14.4 Å². The van der Waals surface area contributed by atoms with E-state index in [4.69, 9.17) is 5.73 Å². The Balaban J connectivity index is 1.42. The van der Waals surface area contributed by atoms with Crippen LogP contribution in [-0.2, 0) is 16.0 Å². The van der Waals surface area contributed by atoms with Crippen LogP contribution in [0.3, 0.4) is 0 Å². The minimum atomic E-state index is -0.873. The van der Waals surface area contributed by atoms with Gasteiger partial charge >= 0.3 is 0 Å². The molecule has 0 aromatic heterocycles. The van der Waals surface area contributed by atoms with E-state index >= 15 is 0 Å². The molecule has 0 spiro atoms. The van der Waals surface area contributed by atoms with Crippen molar-refractivity contribution in [2.45, 2.75) is 31.4 Å². The number of carbonyl (C=O) groups is 3. The van der Waals surface area contributed by atoms with E-state index in [9.17, 15) is 19.5 Å². The monoisotopic (exact) mass is 552 g/mol. The Morgan fingerprint density at radius 1 is 0.829 bits per heavy atom. The van der Waals surface area contributed by atoms with Crippen molar-refractivity contribution in [1.29, 1.82) is 0 Å². The van der Waals surface area contributed by atoms with Gasteiger partial charge in [-0.25, -0.2) is 0 Å². The molecule has 3 amide bonds. The first-order valence-corrected chi connectivity index (χ1v) is 13.8. The number of fused-ring (bicyclic) bond motifs is 1. The van der Waals surface area contributed by atoms with Crippen LogP contribution in [0.15, 0.2) is 103 Å². The maximum Gasteiger partial charge on any atom is 0.258 e. The first-order valence-electron chi connectivity index (χ1n) is 13.8. The Bertz CT molecular complexity index is 1450. The average Bonchev–Trinajstić information content (AvgIpc) is 3.02. The summed E-state index contributed by atoms with van der Waals surface area (Å²) in [6, 6.07) is 31.4. The second-order valence-corrected chi connectivity index (χ2v) is 9.90. The van der Waals surface area contributed by atoms with Crippen LogP contribution in [-0.4, -0.2) is 54.6 Å². The van der Waals surface area contributed by atoms with Crippen LogP contribution < -0.4 is 21.3 Å². The number of amides is 3. The molecule has 41 heavy (non-hydrogen) atoms. The molecule has 5 N–H and O–H groups in total. The zero-order chi connectivity index (χ0) is 29.0. The molecular weight excluding hydrogens is 516 g/mol. The molecule has 0 aliphatic carbocycles. The Morgan fingerprint density at radius 2 is 1.49 bits per heavy atom. The normalized spacial score (nSPS) is 12.3. The maximum atomic E-state index is 13.3. The third-order valence-electron chi connectivity index (χ3n) is 6.81. The topological polar surface area (TPSA) is 125 Å². The second kappa shape index (κ2) is 14.7. The zero-order valence-electron chi connectivity index (χ0n) is 22.9. The predicted molar refractivity (Wildman–Crippen MR) is 161 cm³/mol. The van der Waals surface area contributed by atoms with E-state index in [1.165, 1.54) is 0 Å². The summed E-state index contributed by atoms with van der Waals surface area (Å²) in [5.74, 6) is -0.848. The molecule has 0 heterocycles. The van der Waals surface area contributed by atoms with Gasteiger partial charge in [0.15, 0.2) is 0 Å². The van der Waals surface area contributed by atoms with Gasteiger partial charge in [-0.2, -0.15) is 0 Å². The molecule has 4 aromatic rings. The van der Waals surface area contributed by atoms with Crippen molar-refractivity contribution in [1.82, 2.24) is 10.6 Å². The largest absolute Gasteiger partial charge is 0.390 e. The summed E-state index contributed by atoms with van der Waals surface area (Å²) in [4.78, 5) is 41.0. The van der Waals surface area contributed by atoms with E-state index in [2.05, 4.69) is 10.6 Å². The summed E-state index contributed by atoms with van der Waals surface area (Å²) in [5.41, 5.74) is 7.67. The summed E-state index contributed by atoms with van der Waals surface area (Å²) in [7, 11) is 0. The maximum absolute atomic E-state index is 13.3. The van der Waals surface area contributed by atoms with Crippen molar-refractivity contribution in [2.24, 2.45) is 5.73 Å². The van der Waals surface area contributed by atoms with Gasteiger partial charge in [0.05, 0.1) is 6.10 Å². The van der Waals surface area contributed by atoms with Crippen LogP contribution in [0.25, 0.3) is 10.8 Å². The van der Waals surface area contributed by atoms with Gasteiger partial charge in [-0.1, -0.05) is 78.9 Å². The van der Waals surface area contributed by atoms with Crippen LogP contribution in [0.2, 0.25) is 0 Å². The van der Waals surface area contributed by atoms with Crippen molar-refractivity contribution in [3.05, 3.63) is 114 Å². The van der Waals surface area contributed by atoms with Gasteiger partial charge in [-0.15, -0.1) is 0 Å². The molecular formula is C33H36N4O4. The molecule has 0 aliphatic heterocycles. The lowest BCUT2D eigenvalue weighted by atomic mass is 10.0. The second-order valence-electron chi connectivity index (χ2n) is 9.90. The van der Waals surface area contributed by atoms with Crippen LogP contribution in [0.5, 0.6) is 0 Å². The summed E-state index contributed by atoms with van der Waals surface area (Å²) in [6.07, 6.45) is -0.0699. The van der Waals surface area contributed by atoms with Crippen molar-refractivity contribution in [3.8, 4) is 0 Å². The number of rotatable bonds is 13. The molecule has 212 valence electrons. The number of aliphatic hydroxyl groups is 1. The number of benzene rings is 4. The van der Waals surface area contributed by atoms with Gasteiger partial charge in [-0.05, 0) is 47.0 Å². The van der Waals surface area contributed by atoms with Crippen molar-refractivity contribution >= 4 is 34.2 Å². The molecule has 0 saturated heterocycles. The van der Waals surface area contributed by atoms with Gasteiger partial charge in [0.2, 0.25) is 11.8 Å². The molecule has 0 saturated carbocycles. The van der Waals surface area contributed by atoms with Gasteiger partial charge in [0.1, 0.15) is 6.04 Å². The highest BCUT2D eigenvalue weighted by Crippen LogP contribution is 2.19. The summed E-state index contributed by atoms with van der Waals surface area (Å²) >= 11 is 0. The molecule has 0 radical (unpaired) electrons. The minimum absolute atomic E-state index is 0.00689. The number of nitrogens with one attached hydrogen (secondary N) is 2. The quantitative estimate of drug-likeness (QED) is 0.202. The molecule has 2 unspecified atom stereocenters. The Kier molecular flexibility index (Phi) is 10.6. The number of hydrogen-bond donors (Lipinski definition) is 4. The first kappa shape index (κ1) is 29.5. The number of nitrogens with two attached hydrogens (primary N) is 1. The number of anilines is 1. The molecule has 0 bridgehead atoms. The van der Waals surface area contributed by atoms with E-state index in [0.717, 1.165) is 22.0 Å². The Hall–Kier alpha value is -4.53. The van der Waals surface area contributed by atoms with Gasteiger partial charge in [0.25, 0.3) is 5.91 Å². The average molecular weight is 553 g/mol. The molecule has 4 rings (SSSR count). The first-order chi connectivity index (χ1) is 19.9. The third kappa shape index (κ3) is 8.48. The SMILES string of the molecule is NCC(O)CNC(=O)C(Cc1ccc2ccccc2c1)NC(=O)CCCN(C(=O)c1ccccc1)c1ccccc1. The molecule has 8 heteroatoms. The number of nitrogens with zero attached hydrogens (tertiary/aromatic N) is 1. The number of para-hydroxylation sites is 1. The lowest BCUT2D eigenvalue weighted by molar-refractivity contribution is -0.129.